The standard InChI is InChI=1S/C25H36N6O3/c1-19(20-6-4-3-5-7-20)14-23(32)30-12-9-25(34,10-13-30)17-31-18-27-22(15-24(31)33)26-16-21-8-11-28-29(21)2/h3-8,11,19,22,26-27,34H,9-10,12-18H2,1-2H3/t19-,22?/m1/s1. The Bertz CT molecular complexity index is 970. The van der Waals surface area contributed by atoms with E-state index in [1.807, 2.05) is 36.2 Å². The van der Waals surface area contributed by atoms with Crippen LogP contribution in [-0.2, 0) is 23.2 Å². The molecule has 1 unspecified atom stereocenters. The molecular weight excluding hydrogens is 432 g/mol. The molecule has 3 N–H and O–H groups in total. The van der Waals surface area contributed by atoms with Gasteiger partial charge in [-0.25, -0.2) is 0 Å². The summed E-state index contributed by atoms with van der Waals surface area (Å²) < 4.78 is 1.80. The van der Waals surface area contributed by atoms with Crippen LogP contribution in [0.4, 0.5) is 0 Å². The van der Waals surface area contributed by atoms with Crippen molar-refractivity contribution in [3.05, 3.63) is 53.9 Å². The van der Waals surface area contributed by atoms with Crippen LogP contribution in [0.25, 0.3) is 0 Å². The number of rotatable bonds is 8. The summed E-state index contributed by atoms with van der Waals surface area (Å²) in [5.41, 5.74) is 1.24. The molecule has 1 aromatic heterocycles. The van der Waals surface area contributed by atoms with E-state index in [1.54, 1.807) is 15.8 Å². The summed E-state index contributed by atoms with van der Waals surface area (Å²) in [5, 5.41) is 22.0. The van der Waals surface area contributed by atoms with Crippen LogP contribution < -0.4 is 10.6 Å². The molecule has 2 aromatic rings. The van der Waals surface area contributed by atoms with Gasteiger partial charge < -0.3 is 14.9 Å². The van der Waals surface area contributed by atoms with Gasteiger partial charge >= 0.3 is 0 Å². The first kappa shape index (κ1) is 24.4. The average molecular weight is 469 g/mol. The predicted octanol–water partition coefficient (Wildman–Crippen LogP) is 1.16. The second-order valence-electron chi connectivity index (χ2n) is 9.66. The topological polar surface area (TPSA) is 103 Å². The summed E-state index contributed by atoms with van der Waals surface area (Å²) >= 11 is 0. The maximum atomic E-state index is 12.8. The Morgan fingerprint density at radius 2 is 2.00 bits per heavy atom. The van der Waals surface area contributed by atoms with Crippen molar-refractivity contribution in [1.82, 2.24) is 30.2 Å². The Kier molecular flexibility index (Phi) is 7.65. The molecule has 4 rings (SSSR count). The van der Waals surface area contributed by atoms with Crippen LogP contribution in [0.3, 0.4) is 0 Å². The number of piperidine rings is 1. The van der Waals surface area contributed by atoms with Crippen LogP contribution in [-0.4, -0.2) is 74.6 Å². The van der Waals surface area contributed by atoms with Crippen molar-refractivity contribution in [2.75, 3.05) is 26.3 Å². The number of amides is 2. The molecule has 0 saturated carbocycles. The van der Waals surface area contributed by atoms with Crippen molar-refractivity contribution in [1.29, 1.82) is 0 Å². The molecule has 1 aromatic carbocycles. The van der Waals surface area contributed by atoms with Gasteiger partial charge in [0.05, 0.1) is 37.1 Å². The number of aromatic nitrogens is 2. The van der Waals surface area contributed by atoms with Gasteiger partial charge in [0.25, 0.3) is 0 Å². The number of β-amino-alcohol motifs (C(OH)–C–C–N with tert-alkyl or cyclic N) is 1. The molecular formula is C25H36N6O3. The average Bonchev–Trinajstić information content (AvgIpc) is 3.25. The zero-order valence-electron chi connectivity index (χ0n) is 20.1. The van der Waals surface area contributed by atoms with Gasteiger partial charge in [-0.05, 0) is 30.4 Å². The van der Waals surface area contributed by atoms with E-state index in [0.717, 1.165) is 11.3 Å². The van der Waals surface area contributed by atoms with Crippen LogP contribution in [0.2, 0.25) is 0 Å². The van der Waals surface area contributed by atoms with E-state index in [4.69, 9.17) is 0 Å². The number of nitrogens with one attached hydrogen (secondary N) is 2. The first-order chi connectivity index (χ1) is 16.3. The Morgan fingerprint density at radius 1 is 1.26 bits per heavy atom. The van der Waals surface area contributed by atoms with Crippen molar-refractivity contribution < 1.29 is 14.7 Å². The van der Waals surface area contributed by atoms with Gasteiger partial charge in [0.2, 0.25) is 11.8 Å². The van der Waals surface area contributed by atoms with E-state index in [1.165, 1.54) is 0 Å². The second kappa shape index (κ2) is 10.7. The van der Waals surface area contributed by atoms with Gasteiger partial charge in [-0.2, -0.15) is 5.10 Å². The van der Waals surface area contributed by atoms with Crippen LogP contribution in [0.15, 0.2) is 42.6 Å². The molecule has 2 fully saturated rings. The fourth-order valence-corrected chi connectivity index (χ4v) is 4.75. The number of carbonyl (C=O) groups is 2. The highest BCUT2D eigenvalue weighted by Gasteiger charge is 2.38. The molecule has 3 heterocycles. The van der Waals surface area contributed by atoms with Gasteiger partial charge in [-0.1, -0.05) is 37.3 Å². The summed E-state index contributed by atoms with van der Waals surface area (Å²) in [4.78, 5) is 29.1. The molecule has 34 heavy (non-hydrogen) atoms. The molecule has 9 heteroatoms. The lowest BCUT2D eigenvalue weighted by Gasteiger charge is -2.43. The van der Waals surface area contributed by atoms with Crippen molar-refractivity contribution in [2.24, 2.45) is 7.05 Å². The Labute approximate surface area is 201 Å². The molecule has 2 aliphatic heterocycles. The maximum Gasteiger partial charge on any atom is 0.226 e. The summed E-state index contributed by atoms with van der Waals surface area (Å²) in [6.45, 7) is 4.40. The van der Waals surface area contributed by atoms with Gasteiger partial charge in [-0.15, -0.1) is 0 Å². The third-order valence-electron chi connectivity index (χ3n) is 7.09. The van der Waals surface area contributed by atoms with Crippen molar-refractivity contribution in [3.8, 4) is 0 Å². The van der Waals surface area contributed by atoms with Crippen molar-refractivity contribution in [2.45, 2.75) is 56.8 Å². The lowest BCUT2D eigenvalue weighted by atomic mass is 9.89. The lowest BCUT2D eigenvalue weighted by Crippen LogP contribution is -2.60. The molecule has 0 spiro atoms. The number of aryl methyl sites for hydroxylation is 1. The van der Waals surface area contributed by atoms with E-state index in [0.29, 0.717) is 52.0 Å². The predicted molar refractivity (Wildman–Crippen MR) is 128 cm³/mol. The molecule has 0 aliphatic carbocycles. The normalized spacial score (nSPS) is 21.5. The first-order valence-electron chi connectivity index (χ1n) is 12.1. The van der Waals surface area contributed by atoms with E-state index in [2.05, 4.69) is 34.8 Å². The summed E-state index contributed by atoms with van der Waals surface area (Å²) in [6, 6.07) is 12.0. The number of benzene rings is 1. The molecule has 2 aliphatic rings. The van der Waals surface area contributed by atoms with Gasteiger partial charge in [0.1, 0.15) is 0 Å². The zero-order chi connectivity index (χ0) is 24.1. The van der Waals surface area contributed by atoms with E-state index < -0.39 is 5.60 Å². The minimum absolute atomic E-state index is 0.0184. The quantitative estimate of drug-likeness (QED) is 0.537. The Balaban J connectivity index is 1.21. The molecule has 184 valence electrons. The monoisotopic (exact) mass is 468 g/mol. The Hall–Kier alpha value is -2.75. The highest BCUT2D eigenvalue weighted by Crippen LogP contribution is 2.26. The van der Waals surface area contributed by atoms with Gasteiger partial charge in [-0.3, -0.25) is 24.9 Å². The van der Waals surface area contributed by atoms with Crippen LogP contribution in [0.1, 0.15) is 49.8 Å². The van der Waals surface area contributed by atoms with Crippen molar-refractivity contribution >= 4 is 11.8 Å². The summed E-state index contributed by atoms with van der Waals surface area (Å²) in [6.07, 6.45) is 3.38. The number of nitrogens with zero attached hydrogens (tertiary/aromatic N) is 4. The summed E-state index contributed by atoms with van der Waals surface area (Å²) in [7, 11) is 1.89. The molecule has 0 radical (unpaired) electrons. The minimum Gasteiger partial charge on any atom is -0.388 e. The molecule has 2 amide bonds. The number of carbonyl (C=O) groups excluding carboxylic acids is 2. The molecule has 9 nitrogen and oxygen atoms in total. The second-order valence-corrected chi connectivity index (χ2v) is 9.66. The fourth-order valence-electron chi connectivity index (χ4n) is 4.75. The lowest BCUT2D eigenvalue weighted by molar-refractivity contribution is -0.145. The first-order valence-corrected chi connectivity index (χ1v) is 12.1. The Morgan fingerprint density at radius 3 is 2.65 bits per heavy atom. The fraction of sp³-hybridized carbons (Fsp3) is 0.560. The highest BCUT2D eigenvalue weighted by molar-refractivity contribution is 5.78. The van der Waals surface area contributed by atoms with E-state index >= 15 is 0 Å². The number of likely N-dealkylation sites (tertiary alicyclic amines) is 1. The number of hydrogen-bond acceptors (Lipinski definition) is 6. The van der Waals surface area contributed by atoms with E-state index in [9.17, 15) is 14.7 Å². The molecule has 2 atom stereocenters. The molecule has 2 saturated heterocycles. The SMILES string of the molecule is C[C@H](CC(=O)N1CCC(O)(CN2CNC(NCc3ccnn3C)CC2=O)CC1)c1ccccc1. The third-order valence-corrected chi connectivity index (χ3v) is 7.09. The van der Waals surface area contributed by atoms with Crippen LogP contribution in [0, 0.1) is 0 Å². The number of aliphatic hydroxyl groups is 1. The minimum atomic E-state index is -0.964. The summed E-state index contributed by atoms with van der Waals surface area (Å²) in [5.74, 6) is 0.298. The largest absolute Gasteiger partial charge is 0.388 e. The molecule has 0 bridgehead atoms. The maximum absolute atomic E-state index is 12.8. The third kappa shape index (κ3) is 6.02. The smallest absolute Gasteiger partial charge is 0.226 e. The van der Waals surface area contributed by atoms with E-state index in [-0.39, 0.29) is 30.4 Å². The highest BCUT2D eigenvalue weighted by atomic mass is 16.3. The zero-order valence-corrected chi connectivity index (χ0v) is 20.1. The van der Waals surface area contributed by atoms with Crippen LogP contribution in [0.5, 0.6) is 0 Å². The van der Waals surface area contributed by atoms with Gasteiger partial charge in [0.15, 0.2) is 0 Å². The van der Waals surface area contributed by atoms with Gasteiger partial charge in [0, 0.05) is 39.3 Å². The number of hydrogen-bond donors (Lipinski definition) is 3. The van der Waals surface area contributed by atoms with Crippen molar-refractivity contribution in [3.63, 3.8) is 0 Å². The van der Waals surface area contributed by atoms with Crippen LogP contribution >= 0.6 is 0 Å².